The van der Waals surface area contributed by atoms with E-state index in [0.717, 1.165) is 13.1 Å². The molecule has 1 aromatic heterocycles. The van der Waals surface area contributed by atoms with Crippen LogP contribution < -0.4 is 0 Å². The molecule has 1 aromatic rings. The molecule has 0 bridgehead atoms. The topological polar surface area (TPSA) is 62.9 Å². The Bertz CT molecular complexity index is 368. The number of carbonyl (C=O) groups is 1. The number of carbonyl (C=O) groups excluding carboxylic acids is 1. The molecule has 1 saturated heterocycles. The second-order valence-corrected chi connectivity index (χ2v) is 3.99. The lowest BCUT2D eigenvalue weighted by atomic mass is 10.0. The van der Waals surface area contributed by atoms with Gasteiger partial charge in [0.2, 0.25) is 0 Å². The second-order valence-electron chi connectivity index (χ2n) is 3.99. The number of methoxy groups -OCH3 is 1. The second kappa shape index (κ2) is 4.67. The smallest absolute Gasteiger partial charge is 0.341 e. The molecule has 2 heterocycles. The van der Waals surface area contributed by atoms with E-state index in [-0.39, 0.29) is 12.6 Å². The summed E-state index contributed by atoms with van der Waals surface area (Å²) in [7, 11) is 1.35. The van der Waals surface area contributed by atoms with Gasteiger partial charge >= 0.3 is 5.97 Å². The van der Waals surface area contributed by atoms with Gasteiger partial charge in [-0.25, -0.2) is 4.79 Å². The summed E-state index contributed by atoms with van der Waals surface area (Å²) >= 11 is 0. The average molecular weight is 225 g/mol. The van der Waals surface area contributed by atoms with Crippen LogP contribution in [0.2, 0.25) is 0 Å². The molecule has 1 N–H and O–H groups in total. The Hall–Kier alpha value is -1.33. The first-order chi connectivity index (χ1) is 7.74. The molecule has 0 spiro atoms. The van der Waals surface area contributed by atoms with E-state index in [1.807, 2.05) is 0 Å². The van der Waals surface area contributed by atoms with Crippen molar-refractivity contribution in [2.75, 3.05) is 26.8 Å². The lowest BCUT2D eigenvalue weighted by Gasteiger charge is -2.37. The number of hydrogen-bond acceptors (Lipinski definition) is 5. The van der Waals surface area contributed by atoms with Crippen molar-refractivity contribution < 1.29 is 19.1 Å². The van der Waals surface area contributed by atoms with Crippen LogP contribution in [0.5, 0.6) is 0 Å². The van der Waals surface area contributed by atoms with Gasteiger partial charge in [-0.3, -0.25) is 4.90 Å². The molecule has 5 nitrogen and oxygen atoms in total. The summed E-state index contributed by atoms with van der Waals surface area (Å²) in [6.07, 6.45) is 1.49. The molecule has 0 aromatic carbocycles. The van der Waals surface area contributed by atoms with Crippen LogP contribution in [0.25, 0.3) is 0 Å². The number of aliphatic hydroxyl groups excluding tert-OH is 1. The van der Waals surface area contributed by atoms with Gasteiger partial charge in [-0.1, -0.05) is 0 Å². The quantitative estimate of drug-likeness (QED) is 0.755. The molecule has 0 aliphatic carbocycles. The van der Waals surface area contributed by atoms with E-state index in [0.29, 0.717) is 23.8 Å². The van der Waals surface area contributed by atoms with Crippen molar-refractivity contribution in [3.8, 4) is 0 Å². The minimum Gasteiger partial charge on any atom is -0.467 e. The number of furan rings is 1. The van der Waals surface area contributed by atoms with Crippen LogP contribution in [0.3, 0.4) is 0 Å². The molecule has 88 valence electrons. The maximum absolute atomic E-state index is 11.4. The van der Waals surface area contributed by atoms with E-state index in [4.69, 9.17) is 9.52 Å². The standard InChI is InChI=1S/C11H15NO4/c1-15-11(14)9-2-3-16-10(9)6-12-4-8(5-12)7-13/h2-3,8,13H,4-7H2,1H3. The van der Waals surface area contributed by atoms with E-state index in [1.54, 1.807) is 6.07 Å². The summed E-state index contributed by atoms with van der Waals surface area (Å²) in [6.45, 7) is 2.50. The van der Waals surface area contributed by atoms with E-state index in [1.165, 1.54) is 13.4 Å². The summed E-state index contributed by atoms with van der Waals surface area (Å²) in [4.78, 5) is 13.5. The molecular formula is C11H15NO4. The summed E-state index contributed by atoms with van der Waals surface area (Å²) in [6, 6.07) is 1.62. The Kier molecular flexibility index (Phi) is 3.26. The minimum atomic E-state index is -0.372. The Balaban J connectivity index is 1.95. The number of ether oxygens (including phenoxy) is 1. The molecular weight excluding hydrogens is 210 g/mol. The Morgan fingerprint density at radius 3 is 3.06 bits per heavy atom. The maximum atomic E-state index is 11.4. The van der Waals surface area contributed by atoms with E-state index in [2.05, 4.69) is 9.64 Å². The molecule has 0 atom stereocenters. The zero-order valence-corrected chi connectivity index (χ0v) is 9.18. The van der Waals surface area contributed by atoms with Crippen molar-refractivity contribution in [2.45, 2.75) is 6.54 Å². The third-order valence-corrected chi connectivity index (χ3v) is 2.81. The van der Waals surface area contributed by atoms with Crippen LogP contribution in [0.4, 0.5) is 0 Å². The maximum Gasteiger partial charge on any atom is 0.341 e. The van der Waals surface area contributed by atoms with Crippen LogP contribution in [-0.2, 0) is 11.3 Å². The van der Waals surface area contributed by atoms with Crippen LogP contribution in [-0.4, -0.2) is 42.8 Å². The van der Waals surface area contributed by atoms with E-state index in [9.17, 15) is 4.79 Å². The first-order valence-electron chi connectivity index (χ1n) is 5.22. The Morgan fingerprint density at radius 1 is 1.69 bits per heavy atom. The molecule has 1 aliphatic rings. The molecule has 0 saturated carbocycles. The van der Waals surface area contributed by atoms with Gasteiger partial charge in [-0.15, -0.1) is 0 Å². The van der Waals surface area contributed by atoms with Crippen molar-refractivity contribution in [1.29, 1.82) is 0 Å². The van der Waals surface area contributed by atoms with Crippen molar-refractivity contribution in [3.63, 3.8) is 0 Å². The number of likely N-dealkylation sites (tertiary alicyclic amines) is 1. The highest BCUT2D eigenvalue weighted by atomic mass is 16.5. The summed E-state index contributed by atoms with van der Waals surface area (Å²) in [5.74, 6) is 0.614. The molecule has 0 unspecified atom stereocenters. The van der Waals surface area contributed by atoms with Gasteiger partial charge in [-0.05, 0) is 6.07 Å². The average Bonchev–Trinajstić information content (AvgIpc) is 2.69. The molecule has 1 aliphatic heterocycles. The number of rotatable bonds is 4. The highest BCUT2D eigenvalue weighted by Gasteiger charge is 2.28. The van der Waals surface area contributed by atoms with Crippen LogP contribution in [0.1, 0.15) is 16.1 Å². The number of esters is 1. The molecule has 0 amide bonds. The summed E-state index contributed by atoms with van der Waals surface area (Å²) < 4.78 is 9.91. The van der Waals surface area contributed by atoms with Gasteiger partial charge in [0.05, 0.1) is 19.9 Å². The van der Waals surface area contributed by atoms with Gasteiger partial charge in [-0.2, -0.15) is 0 Å². The number of aliphatic hydroxyl groups is 1. The van der Waals surface area contributed by atoms with Crippen molar-refractivity contribution in [2.24, 2.45) is 5.92 Å². The molecule has 1 fully saturated rings. The normalized spacial score (nSPS) is 17.1. The zero-order valence-electron chi connectivity index (χ0n) is 9.18. The molecule has 2 rings (SSSR count). The molecule has 5 heteroatoms. The van der Waals surface area contributed by atoms with Crippen molar-refractivity contribution in [1.82, 2.24) is 4.90 Å². The fraction of sp³-hybridized carbons (Fsp3) is 0.545. The third kappa shape index (κ3) is 2.10. The monoisotopic (exact) mass is 225 g/mol. The predicted molar refractivity (Wildman–Crippen MR) is 55.9 cm³/mol. The van der Waals surface area contributed by atoms with Crippen molar-refractivity contribution in [3.05, 3.63) is 23.7 Å². The van der Waals surface area contributed by atoms with Crippen molar-refractivity contribution >= 4 is 5.97 Å². The third-order valence-electron chi connectivity index (χ3n) is 2.81. The van der Waals surface area contributed by atoms with E-state index >= 15 is 0 Å². The van der Waals surface area contributed by atoms with Crippen LogP contribution in [0, 0.1) is 5.92 Å². The lowest BCUT2D eigenvalue weighted by molar-refractivity contribution is 0.0414. The van der Waals surface area contributed by atoms with Crippen LogP contribution in [0.15, 0.2) is 16.7 Å². The summed E-state index contributed by atoms with van der Waals surface area (Å²) in [5, 5.41) is 8.89. The van der Waals surface area contributed by atoms with Gasteiger partial charge in [0.1, 0.15) is 11.3 Å². The van der Waals surface area contributed by atoms with Gasteiger partial charge < -0.3 is 14.3 Å². The van der Waals surface area contributed by atoms with Crippen LogP contribution >= 0.6 is 0 Å². The Labute approximate surface area is 93.6 Å². The lowest BCUT2D eigenvalue weighted by Crippen LogP contribution is -2.47. The highest BCUT2D eigenvalue weighted by Crippen LogP contribution is 2.21. The summed E-state index contributed by atoms with van der Waals surface area (Å²) in [5.41, 5.74) is 0.481. The fourth-order valence-corrected chi connectivity index (χ4v) is 1.88. The molecule has 16 heavy (non-hydrogen) atoms. The SMILES string of the molecule is COC(=O)c1ccoc1CN1CC(CO)C1. The van der Waals surface area contributed by atoms with Gasteiger partial charge in [0.15, 0.2) is 0 Å². The molecule has 0 radical (unpaired) electrons. The fourth-order valence-electron chi connectivity index (χ4n) is 1.88. The zero-order chi connectivity index (χ0) is 11.5. The highest BCUT2D eigenvalue weighted by molar-refractivity contribution is 5.90. The van der Waals surface area contributed by atoms with Gasteiger partial charge in [0, 0.05) is 25.6 Å². The predicted octanol–water partition coefficient (Wildman–Crippen LogP) is 0.490. The van der Waals surface area contributed by atoms with Gasteiger partial charge in [0.25, 0.3) is 0 Å². The Morgan fingerprint density at radius 2 is 2.44 bits per heavy atom. The number of nitrogens with zero attached hydrogens (tertiary/aromatic N) is 1. The largest absolute Gasteiger partial charge is 0.467 e. The minimum absolute atomic E-state index is 0.221. The first-order valence-corrected chi connectivity index (χ1v) is 5.22. The number of hydrogen-bond donors (Lipinski definition) is 1. The van der Waals surface area contributed by atoms with E-state index < -0.39 is 0 Å². The first kappa shape index (κ1) is 11.2.